The first-order chi connectivity index (χ1) is 10.2. The zero-order chi connectivity index (χ0) is 15.1. The van der Waals surface area contributed by atoms with Crippen LogP contribution in [-0.4, -0.2) is 30.8 Å². The molecule has 6 heteroatoms. The number of nitro groups is 1. The number of benzene rings is 1. The summed E-state index contributed by atoms with van der Waals surface area (Å²) < 4.78 is 11.2. The Morgan fingerprint density at radius 2 is 2.19 bits per heavy atom. The third-order valence-electron chi connectivity index (χ3n) is 3.52. The lowest BCUT2D eigenvalue weighted by molar-refractivity contribution is -0.384. The molecule has 1 aliphatic rings. The molecule has 1 aliphatic heterocycles. The fourth-order valence-corrected chi connectivity index (χ4v) is 2.36. The Hall–Kier alpha value is -1.66. The van der Waals surface area contributed by atoms with Crippen molar-refractivity contribution in [3.63, 3.8) is 0 Å². The van der Waals surface area contributed by atoms with E-state index in [0.717, 1.165) is 38.0 Å². The van der Waals surface area contributed by atoms with E-state index in [2.05, 4.69) is 5.32 Å². The van der Waals surface area contributed by atoms with Gasteiger partial charge in [0.2, 0.25) is 0 Å². The highest BCUT2D eigenvalue weighted by atomic mass is 16.6. The number of rotatable bonds is 7. The Balaban J connectivity index is 2.08. The van der Waals surface area contributed by atoms with Crippen LogP contribution >= 0.6 is 0 Å². The van der Waals surface area contributed by atoms with Crippen molar-refractivity contribution in [3.05, 3.63) is 33.9 Å². The zero-order valence-corrected chi connectivity index (χ0v) is 12.3. The topological polar surface area (TPSA) is 73.6 Å². The van der Waals surface area contributed by atoms with Gasteiger partial charge in [-0.05, 0) is 19.3 Å². The van der Waals surface area contributed by atoms with E-state index in [0.29, 0.717) is 18.8 Å². The van der Waals surface area contributed by atoms with Gasteiger partial charge in [0.1, 0.15) is 5.69 Å². The number of hydrogen-bond donors (Lipinski definition) is 1. The van der Waals surface area contributed by atoms with Gasteiger partial charge in [-0.15, -0.1) is 0 Å². The van der Waals surface area contributed by atoms with Crippen LogP contribution in [0, 0.1) is 10.1 Å². The van der Waals surface area contributed by atoms with Crippen LogP contribution in [0.3, 0.4) is 0 Å². The minimum atomic E-state index is -0.351. The molecule has 0 atom stereocenters. The minimum absolute atomic E-state index is 0.108. The number of ether oxygens (including phenoxy) is 2. The summed E-state index contributed by atoms with van der Waals surface area (Å²) in [5.74, 6) is 0. The molecule has 21 heavy (non-hydrogen) atoms. The van der Waals surface area contributed by atoms with Gasteiger partial charge in [0.15, 0.2) is 0 Å². The highest BCUT2D eigenvalue weighted by Crippen LogP contribution is 2.29. The number of nitro benzene ring substituents is 1. The quantitative estimate of drug-likeness (QED) is 0.618. The summed E-state index contributed by atoms with van der Waals surface area (Å²) in [6.45, 7) is 4.56. The summed E-state index contributed by atoms with van der Waals surface area (Å²) in [5, 5.41) is 14.3. The van der Waals surface area contributed by atoms with Crippen molar-refractivity contribution in [2.24, 2.45) is 0 Å². The van der Waals surface area contributed by atoms with E-state index < -0.39 is 0 Å². The van der Waals surface area contributed by atoms with Gasteiger partial charge in [0, 0.05) is 31.4 Å². The molecular weight excluding hydrogens is 272 g/mol. The largest absolute Gasteiger partial charge is 0.381 e. The predicted molar refractivity (Wildman–Crippen MR) is 80.5 cm³/mol. The lowest BCUT2D eigenvalue weighted by Crippen LogP contribution is -2.23. The number of hydrogen-bond acceptors (Lipinski definition) is 5. The maximum absolute atomic E-state index is 11.2. The summed E-state index contributed by atoms with van der Waals surface area (Å²) in [6, 6.07) is 5.11. The second-order valence-electron chi connectivity index (χ2n) is 5.12. The second kappa shape index (κ2) is 7.95. The van der Waals surface area contributed by atoms with Crippen molar-refractivity contribution in [1.82, 2.24) is 0 Å². The molecule has 6 nitrogen and oxygen atoms in total. The first kappa shape index (κ1) is 15.7. The Morgan fingerprint density at radius 1 is 1.43 bits per heavy atom. The molecule has 0 unspecified atom stereocenters. The normalized spacial score (nSPS) is 15.9. The summed E-state index contributed by atoms with van der Waals surface area (Å²) in [4.78, 5) is 10.8. The molecule has 0 amide bonds. The van der Waals surface area contributed by atoms with Gasteiger partial charge >= 0.3 is 0 Å². The van der Waals surface area contributed by atoms with Crippen LogP contribution in [0.4, 0.5) is 11.4 Å². The van der Waals surface area contributed by atoms with Crippen molar-refractivity contribution in [1.29, 1.82) is 0 Å². The lowest BCUT2D eigenvalue weighted by Gasteiger charge is -2.23. The Morgan fingerprint density at radius 3 is 2.86 bits per heavy atom. The summed E-state index contributed by atoms with van der Waals surface area (Å²) in [6.07, 6.45) is 2.85. The molecule has 2 rings (SSSR count). The number of para-hydroxylation sites is 1. The Labute approximate surface area is 124 Å². The molecular formula is C15H22N2O4. The molecule has 1 N–H and O–H groups in total. The number of nitrogens with zero attached hydrogens (tertiary/aromatic N) is 1. The smallest absolute Gasteiger partial charge is 0.292 e. The second-order valence-corrected chi connectivity index (χ2v) is 5.12. The number of nitrogens with one attached hydrogen (secondary N) is 1. The van der Waals surface area contributed by atoms with Crippen LogP contribution in [0.2, 0.25) is 0 Å². The molecule has 1 aromatic carbocycles. The molecule has 1 heterocycles. The van der Waals surface area contributed by atoms with E-state index in [9.17, 15) is 10.1 Å². The maximum atomic E-state index is 11.2. The highest BCUT2D eigenvalue weighted by Gasteiger charge is 2.19. The van der Waals surface area contributed by atoms with Crippen LogP contribution < -0.4 is 5.32 Å². The van der Waals surface area contributed by atoms with Gasteiger partial charge in [0.25, 0.3) is 5.69 Å². The van der Waals surface area contributed by atoms with Crippen LogP contribution in [0.5, 0.6) is 0 Å². The van der Waals surface area contributed by atoms with E-state index in [4.69, 9.17) is 9.47 Å². The molecule has 1 fully saturated rings. The molecule has 116 valence electrons. The Kier molecular flexibility index (Phi) is 5.95. The molecule has 0 aliphatic carbocycles. The molecule has 1 saturated heterocycles. The van der Waals surface area contributed by atoms with Crippen molar-refractivity contribution >= 4 is 11.4 Å². The number of anilines is 1. The van der Waals surface area contributed by atoms with E-state index in [1.807, 2.05) is 13.0 Å². The maximum Gasteiger partial charge on any atom is 0.292 e. The third kappa shape index (κ3) is 4.41. The van der Waals surface area contributed by atoms with Gasteiger partial charge in [-0.25, -0.2) is 0 Å². The molecule has 0 aromatic heterocycles. The molecule has 0 radical (unpaired) electrons. The van der Waals surface area contributed by atoms with Gasteiger partial charge in [-0.2, -0.15) is 0 Å². The van der Waals surface area contributed by atoms with Gasteiger partial charge in [-0.3, -0.25) is 10.1 Å². The van der Waals surface area contributed by atoms with Gasteiger partial charge < -0.3 is 14.8 Å². The predicted octanol–water partition coefficient (Wildman–Crippen LogP) is 3.11. The third-order valence-corrected chi connectivity index (χ3v) is 3.52. The Bertz CT molecular complexity index is 473. The highest BCUT2D eigenvalue weighted by molar-refractivity contribution is 5.66. The summed E-state index contributed by atoms with van der Waals surface area (Å²) in [7, 11) is 0. The van der Waals surface area contributed by atoms with Crippen molar-refractivity contribution in [2.75, 3.05) is 25.1 Å². The van der Waals surface area contributed by atoms with E-state index in [1.165, 1.54) is 6.07 Å². The summed E-state index contributed by atoms with van der Waals surface area (Å²) >= 11 is 0. The van der Waals surface area contributed by atoms with Crippen molar-refractivity contribution < 1.29 is 14.4 Å². The standard InChI is InChI=1S/C15H22N2O4/c1-2-8-16-15-12(4-3-5-14(15)17(18)19)11-21-13-6-9-20-10-7-13/h3-5,13,16H,2,6-11H2,1H3. The lowest BCUT2D eigenvalue weighted by atomic mass is 10.1. The zero-order valence-electron chi connectivity index (χ0n) is 12.3. The first-order valence-corrected chi connectivity index (χ1v) is 7.42. The van der Waals surface area contributed by atoms with E-state index in [1.54, 1.807) is 6.07 Å². The van der Waals surface area contributed by atoms with Gasteiger partial charge in [-0.1, -0.05) is 19.1 Å². The van der Waals surface area contributed by atoms with E-state index >= 15 is 0 Å². The van der Waals surface area contributed by atoms with Crippen LogP contribution in [-0.2, 0) is 16.1 Å². The average molecular weight is 294 g/mol. The monoisotopic (exact) mass is 294 g/mol. The SMILES string of the molecule is CCCNc1c(COC2CCOCC2)cccc1[N+](=O)[O-]. The van der Waals surface area contributed by atoms with Crippen LogP contribution in [0.15, 0.2) is 18.2 Å². The molecule has 0 spiro atoms. The minimum Gasteiger partial charge on any atom is -0.381 e. The van der Waals surface area contributed by atoms with Crippen LogP contribution in [0.25, 0.3) is 0 Å². The average Bonchev–Trinajstić information content (AvgIpc) is 2.52. The summed E-state index contributed by atoms with van der Waals surface area (Å²) in [5.41, 5.74) is 1.53. The fourth-order valence-electron chi connectivity index (χ4n) is 2.36. The fraction of sp³-hybridized carbons (Fsp3) is 0.600. The first-order valence-electron chi connectivity index (χ1n) is 7.42. The van der Waals surface area contributed by atoms with Gasteiger partial charge in [0.05, 0.1) is 17.6 Å². The molecule has 1 aromatic rings. The van der Waals surface area contributed by atoms with Crippen molar-refractivity contribution in [2.45, 2.75) is 38.9 Å². The van der Waals surface area contributed by atoms with Crippen molar-refractivity contribution in [3.8, 4) is 0 Å². The molecule has 0 saturated carbocycles. The molecule has 0 bridgehead atoms. The van der Waals surface area contributed by atoms with Crippen LogP contribution in [0.1, 0.15) is 31.7 Å². The van der Waals surface area contributed by atoms with E-state index in [-0.39, 0.29) is 16.7 Å².